The number of hydrogen-bond donors (Lipinski definition) is 2. The first-order valence-corrected chi connectivity index (χ1v) is 11.0. The number of thioether (sulfide) groups is 1. The molecule has 2 aromatic rings. The lowest BCUT2D eigenvalue weighted by molar-refractivity contribution is -0.117. The van der Waals surface area contributed by atoms with Gasteiger partial charge in [0.2, 0.25) is 5.91 Å². The predicted octanol–water partition coefficient (Wildman–Crippen LogP) is 3.29. The zero-order chi connectivity index (χ0) is 24.0. The number of benzene rings is 2. The molecule has 0 aromatic heterocycles. The Hall–Kier alpha value is -3.50. The first-order chi connectivity index (χ1) is 15.9. The van der Waals surface area contributed by atoms with Crippen molar-refractivity contribution < 1.29 is 23.9 Å². The van der Waals surface area contributed by atoms with Crippen molar-refractivity contribution in [3.63, 3.8) is 0 Å². The number of amides is 4. The smallest absolute Gasteiger partial charge is 0.321 e. The number of urea groups is 1. The molecule has 1 aliphatic heterocycles. The highest BCUT2D eigenvalue weighted by molar-refractivity contribution is 8.14. The van der Waals surface area contributed by atoms with Crippen LogP contribution in [0, 0.1) is 0 Å². The lowest BCUT2D eigenvalue weighted by Crippen LogP contribution is -2.39. The molecule has 11 heteroatoms. The molecule has 0 saturated carbocycles. The molecular formula is C22H21ClN4O5S. The number of imide groups is 1. The number of carbonyl (C=O) groups is 3. The highest BCUT2D eigenvalue weighted by atomic mass is 35.5. The zero-order valence-electron chi connectivity index (χ0n) is 18.0. The zero-order valence-corrected chi connectivity index (χ0v) is 19.6. The van der Waals surface area contributed by atoms with Gasteiger partial charge < -0.3 is 14.8 Å². The van der Waals surface area contributed by atoms with Crippen LogP contribution in [0.1, 0.15) is 5.56 Å². The lowest BCUT2D eigenvalue weighted by Gasteiger charge is -2.18. The van der Waals surface area contributed by atoms with Crippen LogP contribution in [0.3, 0.4) is 0 Å². The number of aliphatic imine (C=N–C) groups is 1. The van der Waals surface area contributed by atoms with Crippen LogP contribution in [0.25, 0.3) is 6.08 Å². The molecule has 9 nitrogen and oxygen atoms in total. The predicted molar refractivity (Wildman–Crippen MR) is 129 cm³/mol. The van der Waals surface area contributed by atoms with Gasteiger partial charge in [0.15, 0.2) is 5.17 Å². The van der Waals surface area contributed by atoms with Gasteiger partial charge in [0, 0.05) is 13.1 Å². The van der Waals surface area contributed by atoms with Crippen LogP contribution in [0.4, 0.5) is 10.5 Å². The van der Waals surface area contributed by atoms with E-state index in [1.807, 2.05) is 0 Å². The summed E-state index contributed by atoms with van der Waals surface area (Å²) in [6.07, 6.45) is 1.64. The number of nitrogens with one attached hydrogen (secondary N) is 2. The molecule has 1 heterocycles. The average Bonchev–Trinajstić information content (AvgIpc) is 3.13. The number of nitrogens with zero attached hydrogens (tertiary/aromatic N) is 2. The summed E-state index contributed by atoms with van der Waals surface area (Å²) in [5.41, 5.74) is 1.40. The van der Waals surface area contributed by atoms with Crippen molar-refractivity contribution >= 4 is 58.1 Å². The minimum Gasteiger partial charge on any atom is -0.497 e. The van der Waals surface area contributed by atoms with Gasteiger partial charge >= 0.3 is 6.03 Å². The third-order valence-corrected chi connectivity index (χ3v) is 5.70. The van der Waals surface area contributed by atoms with Crippen LogP contribution in [-0.4, -0.2) is 50.0 Å². The van der Waals surface area contributed by atoms with Gasteiger partial charge in [-0.1, -0.05) is 35.5 Å². The number of halogens is 1. The molecule has 0 atom stereocenters. The molecule has 0 fully saturated rings. The Kier molecular flexibility index (Phi) is 7.96. The van der Waals surface area contributed by atoms with Crippen LogP contribution in [0.15, 0.2) is 53.2 Å². The van der Waals surface area contributed by atoms with E-state index in [1.54, 1.807) is 55.7 Å². The quantitative estimate of drug-likeness (QED) is 0.604. The SMILES string of the molecule is CNC(=O)NC(=O)CSC1=NC(=Cc2ccc(OC)cc2)C(=O)N1c1ccc(Cl)c(OC)c1. The number of anilines is 1. The van der Waals surface area contributed by atoms with Crippen molar-refractivity contribution in [1.82, 2.24) is 10.6 Å². The van der Waals surface area contributed by atoms with Crippen LogP contribution < -0.4 is 25.0 Å². The van der Waals surface area contributed by atoms with Crippen molar-refractivity contribution in [3.8, 4) is 11.5 Å². The monoisotopic (exact) mass is 488 g/mol. The Balaban J connectivity index is 1.92. The summed E-state index contributed by atoms with van der Waals surface area (Å²) < 4.78 is 10.4. The molecule has 0 aliphatic carbocycles. The molecule has 4 amide bonds. The molecule has 0 bridgehead atoms. The van der Waals surface area contributed by atoms with Gasteiger partial charge in [0.05, 0.1) is 30.7 Å². The first-order valence-electron chi connectivity index (χ1n) is 9.63. The van der Waals surface area contributed by atoms with E-state index in [-0.39, 0.29) is 22.5 Å². The second-order valence-electron chi connectivity index (χ2n) is 6.57. The average molecular weight is 489 g/mol. The summed E-state index contributed by atoms with van der Waals surface area (Å²) >= 11 is 7.14. The van der Waals surface area contributed by atoms with Crippen molar-refractivity contribution in [3.05, 3.63) is 58.7 Å². The maximum Gasteiger partial charge on any atom is 0.321 e. The maximum atomic E-state index is 13.3. The van der Waals surface area contributed by atoms with Crippen molar-refractivity contribution in [2.75, 3.05) is 31.9 Å². The van der Waals surface area contributed by atoms with Gasteiger partial charge in [-0.2, -0.15) is 0 Å². The molecule has 3 rings (SSSR count). The third-order valence-electron chi connectivity index (χ3n) is 4.45. The molecule has 0 spiro atoms. The Bertz CT molecular complexity index is 1130. The summed E-state index contributed by atoms with van der Waals surface area (Å²) in [5, 5.41) is 5.14. The second kappa shape index (κ2) is 10.9. The standard InChI is InChI=1S/C22H21ClN4O5S/c1-24-21(30)26-19(28)12-33-22-25-17(10-13-4-7-15(31-2)8-5-13)20(29)27(22)14-6-9-16(23)18(11-14)32-3/h4-11H,12H2,1-3H3,(H2,24,26,28,30). The van der Waals surface area contributed by atoms with E-state index in [2.05, 4.69) is 15.6 Å². The van der Waals surface area contributed by atoms with Gasteiger partial charge in [-0.15, -0.1) is 0 Å². The topological polar surface area (TPSA) is 109 Å². The minimum atomic E-state index is -0.621. The van der Waals surface area contributed by atoms with Gasteiger partial charge in [0.1, 0.15) is 17.2 Å². The fourth-order valence-electron chi connectivity index (χ4n) is 2.82. The van der Waals surface area contributed by atoms with Crippen molar-refractivity contribution in [2.24, 2.45) is 4.99 Å². The van der Waals surface area contributed by atoms with E-state index in [0.717, 1.165) is 17.3 Å². The number of methoxy groups -OCH3 is 2. The Morgan fingerprint density at radius 3 is 2.52 bits per heavy atom. The maximum absolute atomic E-state index is 13.3. The first kappa shape index (κ1) is 24.1. The van der Waals surface area contributed by atoms with Gasteiger partial charge in [0.25, 0.3) is 5.91 Å². The van der Waals surface area contributed by atoms with E-state index in [4.69, 9.17) is 21.1 Å². The Morgan fingerprint density at radius 1 is 1.15 bits per heavy atom. The molecule has 2 aromatic carbocycles. The molecule has 33 heavy (non-hydrogen) atoms. The molecule has 0 saturated heterocycles. The lowest BCUT2D eigenvalue weighted by atomic mass is 10.2. The largest absolute Gasteiger partial charge is 0.497 e. The summed E-state index contributed by atoms with van der Waals surface area (Å²) in [7, 11) is 4.44. The molecule has 172 valence electrons. The number of rotatable bonds is 6. The normalized spacial score (nSPS) is 14.2. The third kappa shape index (κ3) is 5.85. The fourth-order valence-corrected chi connectivity index (χ4v) is 3.83. The fraction of sp³-hybridized carbons (Fsp3) is 0.182. The summed E-state index contributed by atoms with van der Waals surface area (Å²) in [5.74, 6) is 0.0272. The second-order valence-corrected chi connectivity index (χ2v) is 7.92. The minimum absolute atomic E-state index is 0.128. The molecule has 0 radical (unpaired) electrons. The molecule has 2 N–H and O–H groups in total. The van der Waals surface area contributed by atoms with Crippen molar-refractivity contribution in [1.29, 1.82) is 0 Å². The van der Waals surface area contributed by atoms with Crippen LogP contribution in [0.5, 0.6) is 11.5 Å². The summed E-state index contributed by atoms with van der Waals surface area (Å²) in [6.45, 7) is 0. The summed E-state index contributed by atoms with van der Waals surface area (Å²) in [6, 6.07) is 11.4. The van der Waals surface area contributed by atoms with E-state index in [0.29, 0.717) is 22.2 Å². The van der Waals surface area contributed by atoms with Gasteiger partial charge in [-0.05, 0) is 35.9 Å². The Morgan fingerprint density at radius 2 is 1.88 bits per heavy atom. The van der Waals surface area contributed by atoms with E-state index in [1.165, 1.54) is 19.1 Å². The Labute approximate surface area is 199 Å². The van der Waals surface area contributed by atoms with Crippen LogP contribution in [-0.2, 0) is 9.59 Å². The van der Waals surface area contributed by atoms with Gasteiger partial charge in [-0.25, -0.2) is 9.79 Å². The number of amidine groups is 1. The molecule has 0 unspecified atom stereocenters. The highest BCUT2D eigenvalue weighted by Gasteiger charge is 2.33. The van der Waals surface area contributed by atoms with Crippen LogP contribution >= 0.6 is 23.4 Å². The number of ether oxygens (including phenoxy) is 2. The summed E-state index contributed by atoms with van der Waals surface area (Å²) in [4.78, 5) is 42.5. The van der Waals surface area contributed by atoms with E-state index >= 15 is 0 Å². The van der Waals surface area contributed by atoms with E-state index in [9.17, 15) is 14.4 Å². The molecule has 1 aliphatic rings. The van der Waals surface area contributed by atoms with Crippen molar-refractivity contribution in [2.45, 2.75) is 0 Å². The van der Waals surface area contributed by atoms with E-state index < -0.39 is 11.9 Å². The van der Waals surface area contributed by atoms with Crippen LogP contribution in [0.2, 0.25) is 5.02 Å². The highest BCUT2D eigenvalue weighted by Crippen LogP contribution is 2.34. The number of hydrogen-bond acceptors (Lipinski definition) is 7. The molecular weight excluding hydrogens is 468 g/mol. The number of carbonyl (C=O) groups excluding carboxylic acids is 3. The van der Waals surface area contributed by atoms with Gasteiger partial charge in [-0.3, -0.25) is 19.8 Å².